The second kappa shape index (κ2) is 3.74. The van der Waals surface area contributed by atoms with E-state index in [2.05, 4.69) is 10.0 Å². The molecule has 0 spiro atoms. The fraction of sp³-hybridized carbons (Fsp3) is 0.750. The summed E-state index contributed by atoms with van der Waals surface area (Å²) >= 11 is 0. The van der Waals surface area contributed by atoms with Crippen LogP contribution in [0.2, 0.25) is 0 Å². The molecule has 50 valence electrons. The molecule has 0 bridgehead atoms. The summed E-state index contributed by atoms with van der Waals surface area (Å²) < 4.78 is 0. The molecule has 5 heteroatoms. The van der Waals surface area contributed by atoms with Crippen LogP contribution in [0.3, 0.4) is 0 Å². The molecule has 0 aromatic carbocycles. The largest absolute Gasteiger partial charge is 0.481 e. The third kappa shape index (κ3) is 2.56. The van der Waals surface area contributed by atoms with Gasteiger partial charge in [-0.25, -0.2) is 0 Å². The molecule has 0 aliphatic carbocycles. The highest BCUT2D eigenvalue weighted by Gasteiger charge is 2.10. The normalized spacial score (nSPS) is 11.7. The van der Waals surface area contributed by atoms with Gasteiger partial charge in [0.05, 0.1) is 0 Å². The lowest BCUT2D eigenvalue weighted by molar-refractivity contribution is -0.138. The SMILES string of the molecule is CC[C@H](N=[N+]=[N-])C(=O)O. The molecule has 0 aromatic heterocycles. The van der Waals surface area contributed by atoms with Crippen molar-refractivity contribution >= 4 is 5.97 Å². The second-order valence-electron chi connectivity index (χ2n) is 1.47. The minimum absolute atomic E-state index is 0.333. The minimum atomic E-state index is -1.07. The van der Waals surface area contributed by atoms with Crippen molar-refractivity contribution in [1.82, 2.24) is 0 Å². The summed E-state index contributed by atoms with van der Waals surface area (Å²) in [6.07, 6.45) is 0.333. The molecule has 0 aliphatic rings. The third-order valence-electron chi connectivity index (χ3n) is 0.863. The molecule has 0 radical (unpaired) electrons. The number of hydrogen-bond acceptors (Lipinski definition) is 2. The zero-order valence-corrected chi connectivity index (χ0v) is 4.98. The Morgan fingerprint density at radius 1 is 2.00 bits per heavy atom. The Labute approximate surface area is 51.9 Å². The van der Waals surface area contributed by atoms with Crippen molar-refractivity contribution < 1.29 is 9.90 Å². The summed E-state index contributed by atoms with van der Waals surface area (Å²) in [5.41, 5.74) is 7.81. The van der Waals surface area contributed by atoms with Gasteiger partial charge < -0.3 is 5.11 Å². The van der Waals surface area contributed by atoms with Crippen molar-refractivity contribution in [3.8, 4) is 0 Å². The molecule has 0 fully saturated rings. The van der Waals surface area contributed by atoms with E-state index in [1.807, 2.05) is 0 Å². The van der Waals surface area contributed by atoms with Crippen LogP contribution in [0, 0.1) is 0 Å². The summed E-state index contributed by atoms with van der Waals surface area (Å²) in [4.78, 5) is 12.4. The van der Waals surface area contributed by atoms with E-state index in [9.17, 15) is 4.79 Å². The summed E-state index contributed by atoms with van der Waals surface area (Å²) in [6, 6.07) is -0.907. The molecule has 0 aliphatic heterocycles. The molecule has 0 amide bonds. The quantitative estimate of drug-likeness (QED) is 0.352. The van der Waals surface area contributed by atoms with Gasteiger partial charge >= 0.3 is 5.97 Å². The maximum absolute atomic E-state index is 10.1. The highest BCUT2D eigenvalue weighted by Crippen LogP contribution is 1.96. The van der Waals surface area contributed by atoms with Gasteiger partial charge in [-0.05, 0) is 12.0 Å². The average Bonchev–Trinajstić information content (AvgIpc) is 1.82. The Bertz CT molecular complexity index is 148. The maximum Gasteiger partial charge on any atom is 0.312 e. The van der Waals surface area contributed by atoms with Crippen LogP contribution in [0.5, 0.6) is 0 Å². The van der Waals surface area contributed by atoms with E-state index in [-0.39, 0.29) is 0 Å². The molecule has 5 nitrogen and oxygen atoms in total. The van der Waals surface area contributed by atoms with Crippen LogP contribution >= 0.6 is 0 Å². The second-order valence-corrected chi connectivity index (χ2v) is 1.47. The number of carboxylic acids is 1. The van der Waals surface area contributed by atoms with Crippen LogP contribution in [0.15, 0.2) is 5.11 Å². The van der Waals surface area contributed by atoms with E-state index in [0.29, 0.717) is 6.42 Å². The molecule has 1 atom stereocenters. The van der Waals surface area contributed by atoms with Crippen LogP contribution in [0.25, 0.3) is 10.4 Å². The molecule has 9 heavy (non-hydrogen) atoms. The molecular weight excluding hydrogens is 122 g/mol. The predicted molar refractivity (Wildman–Crippen MR) is 30.9 cm³/mol. The standard InChI is InChI=1S/C4H7N3O2/c1-2-3(4(8)9)6-7-5/h3H,2H2,1H3,(H,8,9)/t3-/m0/s1. The average molecular weight is 129 g/mol. The molecule has 0 unspecified atom stereocenters. The lowest BCUT2D eigenvalue weighted by Crippen LogP contribution is -2.15. The summed E-state index contributed by atoms with van der Waals surface area (Å²) in [5, 5.41) is 11.3. The third-order valence-corrected chi connectivity index (χ3v) is 0.863. The first-order chi connectivity index (χ1) is 4.22. The Morgan fingerprint density at radius 3 is 2.67 bits per heavy atom. The van der Waals surface area contributed by atoms with Crippen molar-refractivity contribution in [3.05, 3.63) is 10.4 Å². The molecule has 0 saturated heterocycles. The molecule has 0 aromatic rings. The number of carboxylic acid groups (broad SMARTS) is 1. The monoisotopic (exact) mass is 129 g/mol. The van der Waals surface area contributed by atoms with E-state index < -0.39 is 12.0 Å². The van der Waals surface area contributed by atoms with Gasteiger partial charge in [0.15, 0.2) is 0 Å². The van der Waals surface area contributed by atoms with Gasteiger partial charge in [0, 0.05) is 4.91 Å². The van der Waals surface area contributed by atoms with E-state index in [4.69, 9.17) is 10.6 Å². The van der Waals surface area contributed by atoms with Gasteiger partial charge in [-0.3, -0.25) is 4.79 Å². The molecule has 0 rings (SSSR count). The molecule has 1 N–H and O–H groups in total. The van der Waals surface area contributed by atoms with Gasteiger partial charge in [0.2, 0.25) is 0 Å². The highest BCUT2D eigenvalue weighted by atomic mass is 16.4. The van der Waals surface area contributed by atoms with Crippen LogP contribution in [-0.2, 0) is 4.79 Å². The number of azide groups is 1. The zero-order chi connectivity index (χ0) is 7.28. The first kappa shape index (κ1) is 7.78. The van der Waals surface area contributed by atoms with Crippen molar-refractivity contribution in [1.29, 1.82) is 0 Å². The lowest BCUT2D eigenvalue weighted by atomic mass is 10.2. The van der Waals surface area contributed by atoms with Crippen molar-refractivity contribution in [3.63, 3.8) is 0 Å². The van der Waals surface area contributed by atoms with Crippen LogP contribution in [0.1, 0.15) is 13.3 Å². The van der Waals surface area contributed by atoms with Crippen LogP contribution in [0.4, 0.5) is 0 Å². The number of aliphatic carboxylic acids is 1. The van der Waals surface area contributed by atoms with E-state index >= 15 is 0 Å². The van der Waals surface area contributed by atoms with Gasteiger partial charge in [-0.15, -0.1) is 0 Å². The number of carbonyl (C=O) groups is 1. The minimum Gasteiger partial charge on any atom is -0.481 e. The van der Waals surface area contributed by atoms with Crippen molar-refractivity contribution in [2.75, 3.05) is 0 Å². The highest BCUT2D eigenvalue weighted by molar-refractivity contribution is 5.73. The summed E-state index contributed by atoms with van der Waals surface area (Å²) in [5.74, 6) is -1.07. The lowest BCUT2D eigenvalue weighted by Gasteiger charge is -1.97. The van der Waals surface area contributed by atoms with E-state index in [1.54, 1.807) is 6.92 Å². The number of nitrogens with zero attached hydrogens (tertiary/aromatic N) is 3. The fourth-order valence-electron chi connectivity index (χ4n) is 0.368. The smallest absolute Gasteiger partial charge is 0.312 e. The fourth-order valence-corrected chi connectivity index (χ4v) is 0.368. The molecule has 0 heterocycles. The molecule has 0 saturated carbocycles. The summed E-state index contributed by atoms with van der Waals surface area (Å²) in [6.45, 7) is 1.65. The first-order valence-corrected chi connectivity index (χ1v) is 2.49. The Kier molecular flexibility index (Phi) is 3.23. The maximum atomic E-state index is 10.1. The van der Waals surface area contributed by atoms with Gasteiger partial charge in [-0.2, -0.15) is 0 Å². The predicted octanol–water partition coefficient (Wildman–Crippen LogP) is 1.16. The Morgan fingerprint density at radius 2 is 2.56 bits per heavy atom. The first-order valence-electron chi connectivity index (χ1n) is 2.49. The van der Waals surface area contributed by atoms with Gasteiger partial charge in [-0.1, -0.05) is 12.0 Å². The number of rotatable bonds is 3. The topological polar surface area (TPSA) is 86.1 Å². The van der Waals surface area contributed by atoms with Crippen LogP contribution < -0.4 is 0 Å². The van der Waals surface area contributed by atoms with E-state index in [0.717, 1.165) is 0 Å². The Hall–Kier alpha value is -1.22. The van der Waals surface area contributed by atoms with Crippen molar-refractivity contribution in [2.24, 2.45) is 5.11 Å². The summed E-state index contributed by atoms with van der Waals surface area (Å²) in [7, 11) is 0. The van der Waals surface area contributed by atoms with Gasteiger partial charge in [0.1, 0.15) is 6.04 Å². The van der Waals surface area contributed by atoms with Gasteiger partial charge in [0.25, 0.3) is 0 Å². The van der Waals surface area contributed by atoms with Crippen molar-refractivity contribution in [2.45, 2.75) is 19.4 Å². The molecular formula is C4H7N3O2. The zero-order valence-electron chi connectivity index (χ0n) is 4.98. The Balaban J connectivity index is 3.98. The van der Waals surface area contributed by atoms with E-state index in [1.165, 1.54) is 0 Å². The van der Waals surface area contributed by atoms with Crippen LogP contribution in [-0.4, -0.2) is 17.1 Å². The number of hydrogen-bond donors (Lipinski definition) is 1.